The van der Waals surface area contributed by atoms with E-state index < -0.39 is 10.0 Å². The average Bonchev–Trinajstić information content (AvgIpc) is 3.01. The van der Waals surface area contributed by atoms with E-state index in [0.29, 0.717) is 40.5 Å². The third kappa shape index (κ3) is 4.28. The molecule has 0 saturated carbocycles. The molecule has 1 amide bonds. The SMILES string of the molecule is CC1CC(C)CN(S(=O)(=O)c2ccc(NC(=O)c3csc(Cl)c3)cc2)C1. The Morgan fingerprint density at radius 2 is 1.81 bits per heavy atom. The molecule has 1 aromatic carbocycles. The molecule has 1 aliphatic rings. The highest BCUT2D eigenvalue weighted by atomic mass is 35.5. The minimum atomic E-state index is -3.52. The Morgan fingerprint density at radius 1 is 1.19 bits per heavy atom. The van der Waals surface area contributed by atoms with Crippen LogP contribution in [0.3, 0.4) is 0 Å². The fourth-order valence-electron chi connectivity index (χ4n) is 3.29. The molecule has 2 unspecified atom stereocenters. The van der Waals surface area contributed by atoms with Crippen molar-refractivity contribution in [2.24, 2.45) is 11.8 Å². The number of rotatable bonds is 4. The highest BCUT2D eigenvalue weighted by molar-refractivity contribution is 7.89. The summed E-state index contributed by atoms with van der Waals surface area (Å²) in [7, 11) is -3.52. The number of anilines is 1. The quantitative estimate of drug-likeness (QED) is 0.813. The fourth-order valence-corrected chi connectivity index (χ4v) is 5.83. The summed E-state index contributed by atoms with van der Waals surface area (Å²) < 4.78 is 27.8. The van der Waals surface area contributed by atoms with Gasteiger partial charge in [-0.25, -0.2) is 8.42 Å². The number of hydrogen-bond donors (Lipinski definition) is 1. The Hall–Kier alpha value is -1.41. The van der Waals surface area contributed by atoms with Crippen molar-refractivity contribution in [3.63, 3.8) is 0 Å². The van der Waals surface area contributed by atoms with Crippen LogP contribution in [0.15, 0.2) is 40.6 Å². The molecule has 2 aromatic rings. The van der Waals surface area contributed by atoms with Gasteiger partial charge in [-0.3, -0.25) is 4.79 Å². The van der Waals surface area contributed by atoms with Gasteiger partial charge in [-0.1, -0.05) is 25.4 Å². The largest absolute Gasteiger partial charge is 0.322 e. The van der Waals surface area contributed by atoms with Crippen LogP contribution in [-0.4, -0.2) is 31.7 Å². The second-order valence-corrected chi connectivity index (χ2v) is 10.4. The van der Waals surface area contributed by atoms with Gasteiger partial charge in [-0.05, 0) is 48.6 Å². The van der Waals surface area contributed by atoms with Crippen molar-refractivity contribution in [2.75, 3.05) is 18.4 Å². The molecule has 26 heavy (non-hydrogen) atoms. The average molecular weight is 413 g/mol. The standard InChI is InChI=1S/C18H21ClN2O3S2/c1-12-7-13(2)10-21(9-12)26(23,24)16-5-3-15(4-6-16)20-18(22)14-8-17(19)25-11-14/h3-6,8,11-13H,7,9-10H2,1-2H3,(H,20,22). The molecule has 2 atom stereocenters. The Balaban J connectivity index is 1.73. The lowest BCUT2D eigenvalue weighted by Crippen LogP contribution is -2.42. The van der Waals surface area contributed by atoms with Crippen LogP contribution in [0.2, 0.25) is 4.34 Å². The van der Waals surface area contributed by atoms with Gasteiger partial charge in [-0.2, -0.15) is 4.31 Å². The van der Waals surface area contributed by atoms with E-state index in [0.717, 1.165) is 6.42 Å². The number of nitrogens with one attached hydrogen (secondary N) is 1. The Morgan fingerprint density at radius 3 is 2.35 bits per heavy atom. The first-order chi connectivity index (χ1) is 12.3. The number of halogens is 1. The molecule has 1 aromatic heterocycles. The number of hydrogen-bond acceptors (Lipinski definition) is 4. The summed E-state index contributed by atoms with van der Waals surface area (Å²) >= 11 is 7.12. The van der Waals surface area contributed by atoms with Crippen molar-refractivity contribution in [1.29, 1.82) is 0 Å². The molecule has 0 radical (unpaired) electrons. The van der Waals surface area contributed by atoms with E-state index in [2.05, 4.69) is 19.2 Å². The molecule has 0 spiro atoms. The lowest BCUT2D eigenvalue weighted by atomic mass is 9.94. The molecule has 0 aliphatic carbocycles. The molecule has 3 rings (SSSR count). The second-order valence-electron chi connectivity index (χ2n) is 6.89. The topological polar surface area (TPSA) is 66.5 Å². The molecular formula is C18H21ClN2O3S2. The van der Waals surface area contributed by atoms with Gasteiger partial charge in [0.2, 0.25) is 10.0 Å². The van der Waals surface area contributed by atoms with Gasteiger partial charge >= 0.3 is 0 Å². The zero-order valence-corrected chi connectivity index (χ0v) is 17.0. The molecule has 1 saturated heterocycles. The molecule has 1 aliphatic heterocycles. The van der Waals surface area contributed by atoms with Crippen molar-refractivity contribution in [2.45, 2.75) is 25.2 Å². The van der Waals surface area contributed by atoms with Gasteiger partial charge in [-0.15, -0.1) is 11.3 Å². The third-order valence-corrected chi connectivity index (χ3v) is 7.35. The summed E-state index contributed by atoms with van der Waals surface area (Å²) in [6, 6.07) is 7.88. The maximum absolute atomic E-state index is 12.9. The summed E-state index contributed by atoms with van der Waals surface area (Å²) in [6.07, 6.45) is 1.05. The van der Waals surface area contributed by atoms with E-state index in [4.69, 9.17) is 11.6 Å². The second kappa shape index (κ2) is 7.68. The highest BCUT2D eigenvalue weighted by Gasteiger charge is 2.31. The monoisotopic (exact) mass is 412 g/mol. The lowest BCUT2D eigenvalue weighted by molar-refractivity contribution is 0.102. The van der Waals surface area contributed by atoms with Crippen LogP contribution in [0.25, 0.3) is 0 Å². The summed E-state index contributed by atoms with van der Waals surface area (Å²) in [5, 5.41) is 4.42. The first kappa shape index (κ1) is 19.4. The number of carbonyl (C=O) groups excluding carboxylic acids is 1. The maximum Gasteiger partial charge on any atom is 0.256 e. The Labute approximate surface area is 163 Å². The molecule has 140 valence electrons. The zero-order valence-electron chi connectivity index (χ0n) is 14.6. The van der Waals surface area contributed by atoms with Gasteiger partial charge in [0.1, 0.15) is 0 Å². The highest BCUT2D eigenvalue weighted by Crippen LogP contribution is 2.27. The molecule has 5 nitrogen and oxygen atoms in total. The van der Waals surface area contributed by atoms with Crippen molar-refractivity contribution in [3.8, 4) is 0 Å². The molecule has 1 N–H and O–H groups in total. The van der Waals surface area contributed by atoms with Crippen LogP contribution in [-0.2, 0) is 10.0 Å². The van der Waals surface area contributed by atoms with Crippen LogP contribution >= 0.6 is 22.9 Å². The normalized spacial score (nSPS) is 21.5. The van der Waals surface area contributed by atoms with Crippen LogP contribution in [0.5, 0.6) is 0 Å². The fraction of sp³-hybridized carbons (Fsp3) is 0.389. The first-order valence-electron chi connectivity index (χ1n) is 8.41. The summed E-state index contributed by atoms with van der Waals surface area (Å²) in [5.74, 6) is 0.427. The number of thiophene rings is 1. The minimum Gasteiger partial charge on any atom is -0.322 e. The summed E-state index contributed by atoms with van der Waals surface area (Å²) in [4.78, 5) is 12.4. The van der Waals surface area contributed by atoms with Gasteiger partial charge in [0, 0.05) is 24.2 Å². The Bertz CT molecular complexity index is 883. The van der Waals surface area contributed by atoms with Crippen molar-refractivity contribution < 1.29 is 13.2 Å². The number of amides is 1. The maximum atomic E-state index is 12.9. The van der Waals surface area contributed by atoms with Crippen molar-refractivity contribution in [3.05, 3.63) is 45.6 Å². The first-order valence-corrected chi connectivity index (χ1v) is 11.1. The molecule has 1 fully saturated rings. The smallest absolute Gasteiger partial charge is 0.256 e. The predicted octanol–water partition coefficient (Wildman–Crippen LogP) is 4.32. The number of nitrogens with zero attached hydrogens (tertiary/aromatic N) is 1. The van der Waals surface area contributed by atoms with Crippen LogP contribution in [0, 0.1) is 11.8 Å². The number of carbonyl (C=O) groups is 1. The Kier molecular flexibility index (Phi) is 5.72. The summed E-state index contributed by atoms with van der Waals surface area (Å²) in [5.41, 5.74) is 1.02. The minimum absolute atomic E-state index is 0.246. The summed E-state index contributed by atoms with van der Waals surface area (Å²) in [6.45, 7) is 5.25. The van der Waals surface area contributed by atoms with E-state index in [1.165, 1.54) is 23.5 Å². The third-order valence-electron chi connectivity index (χ3n) is 4.41. The molecule has 0 bridgehead atoms. The van der Waals surface area contributed by atoms with Gasteiger partial charge in [0.15, 0.2) is 0 Å². The van der Waals surface area contributed by atoms with Crippen LogP contribution in [0.4, 0.5) is 5.69 Å². The van der Waals surface area contributed by atoms with Gasteiger partial charge in [0.25, 0.3) is 5.91 Å². The van der Waals surface area contributed by atoms with Gasteiger partial charge < -0.3 is 5.32 Å². The van der Waals surface area contributed by atoms with E-state index >= 15 is 0 Å². The van der Waals surface area contributed by atoms with Crippen molar-refractivity contribution in [1.82, 2.24) is 4.31 Å². The molecule has 8 heteroatoms. The van der Waals surface area contributed by atoms with Crippen molar-refractivity contribution >= 4 is 44.6 Å². The lowest BCUT2D eigenvalue weighted by Gasteiger charge is -2.34. The van der Waals surface area contributed by atoms with E-state index in [-0.39, 0.29) is 10.8 Å². The number of benzene rings is 1. The van der Waals surface area contributed by atoms with Crippen LogP contribution < -0.4 is 5.32 Å². The van der Waals surface area contributed by atoms with Crippen LogP contribution in [0.1, 0.15) is 30.6 Å². The molecular weight excluding hydrogens is 392 g/mol. The van der Waals surface area contributed by atoms with E-state index in [1.54, 1.807) is 27.9 Å². The molecule has 2 heterocycles. The predicted molar refractivity (Wildman–Crippen MR) is 105 cm³/mol. The van der Waals surface area contributed by atoms with Gasteiger partial charge in [0.05, 0.1) is 14.8 Å². The van der Waals surface area contributed by atoms with E-state index in [9.17, 15) is 13.2 Å². The number of piperidine rings is 1. The number of sulfonamides is 1. The zero-order chi connectivity index (χ0) is 18.9. The van der Waals surface area contributed by atoms with E-state index in [1.807, 2.05) is 0 Å².